The molecule has 0 radical (unpaired) electrons. The van der Waals surface area contributed by atoms with Gasteiger partial charge in [-0.25, -0.2) is 9.78 Å². The van der Waals surface area contributed by atoms with E-state index in [-0.39, 0.29) is 5.91 Å². The molecule has 28 heavy (non-hydrogen) atoms. The van der Waals surface area contributed by atoms with Crippen LogP contribution in [0.5, 0.6) is 0 Å². The van der Waals surface area contributed by atoms with Gasteiger partial charge in [-0.2, -0.15) is 0 Å². The van der Waals surface area contributed by atoms with Gasteiger partial charge in [-0.3, -0.25) is 4.79 Å². The van der Waals surface area contributed by atoms with Crippen LogP contribution >= 0.6 is 0 Å². The van der Waals surface area contributed by atoms with Crippen LogP contribution in [-0.4, -0.2) is 49.3 Å². The standard InChI is InChI=1S/C21H25N3O4/c1-14-5-4-6-15(2)19(14)23-20(25)16(3)28-21(26)17-7-8-18(22-13-17)24-9-11-27-12-10-24/h4-8,13,16H,9-12H2,1-3H3,(H,23,25)/t16-/m1/s1. The van der Waals surface area contributed by atoms with Crippen LogP contribution in [0.1, 0.15) is 28.4 Å². The zero-order valence-electron chi connectivity index (χ0n) is 16.4. The molecule has 1 aliphatic rings. The first-order valence-corrected chi connectivity index (χ1v) is 9.32. The second-order valence-electron chi connectivity index (χ2n) is 6.81. The lowest BCUT2D eigenvalue weighted by molar-refractivity contribution is -0.123. The van der Waals surface area contributed by atoms with Crippen molar-refractivity contribution in [1.29, 1.82) is 0 Å². The Labute approximate surface area is 164 Å². The van der Waals surface area contributed by atoms with Crippen LogP contribution in [0.4, 0.5) is 11.5 Å². The van der Waals surface area contributed by atoms with Gasteiger partial charge in [0.05, 0.1) is 18.8 Å². The first-order valence-electron chi connectivity index (χ1n) is 9.32. The number of aryl methyl sites for hydroxylation is 2. The van der Waals surface area contributed by atoms with Crippen LogP contribution < -0.4 is 10.2 Å². The van der Waals surface area contributed by atoms with E-state index in [0.717, 1.165) is 35.7 Å². The Morgan fingerprint density at radius 1 is 1.14 bits per heavy atom. The Balaban J connectivity index is 1.59. The summed E-state index contributed by atoms with van der Waals surface area (Å²) in [7, 11) is 0. The van der Waals surface area contributed by atoms with Crippen molar-refractivity contribution < 1.29 is 19.1 Å². The number of nitrogens with zero attached hydrogens (tertiary/aromatic N) is 2. The third kappa shape index (κ3) is 4.67. The Hall–Kier alpha value is -2.93. The summed E-state index contributed by atoms with van der Waals surface area (Å²) in [5.74, 6) is -0.158. The van der Waals surface area contributed by atoms with Crippen LogP contribution in [0.2, 0.25) is 0 Å². The average Bonchev–Trinajstić information content (AvgIpc) is 2.71. The second-order valence-corrected chi connectivity index (χ2v) is 6.81. The molecule has 1 fully saturated rings. The lowest BCUT2D eigenvalue weighted by Crippen LogP contribution is -2.36. The summed E-state index contributed by atoms with van der Waals surface area (Å²) >= 11 is 0. The highest BCUT2D eigenvalue weighted by atomic mass is 16.5. The lowest BCUT2D eigenvalue weighted by atomic mass is 10.1. The van der Waals surface area contributed by atoms with Crippen molar-refractivity contribution in [3.05, 3.63) is 53.2 Å². The van der Waals surface area contributed by atoms with E-state index in [9.17, 15) is 9.59 Å². The molecule has 2 aromatic rings. The van der Waals surface area contributed by atoms with Gasteiger partial charge in [0.1, 0.15) is 5.82 Å². The molecule has 1 atom stereocenters. The molecule has 148 valence electrons. The average molecular weight is 383 g/mol. The van der Waals surface area contributed by atoms with Gasteiger partial charge in [0.2, 0.25) is 0 Å². The van der Waals surface area contributed by atoms with Gasteiger partial charge in [0.25, 0.3) is 5.91 Å². The summed E-state index contributed by atoms with van der Waals surface area (Å²) in [5, 5.41) is 2.84. The number of esters is 1. The van der Waals surface area contributed by atoms with E-state index in [1.807, 2.05) is 32.0 Å². The number of para-hydroxylation sites is 1. The summed E-state index contributed by atoms with van der Waals surface area (Å²) in [5.41, 5.74) is 2.96. The van der Waals surface area contributed by atoms with E-state index in [1.165, 1.54) is 6.20 Å². The number of amides is 1. The normalized spacial score (nSPS) is 15.0. The molecule has 1 aromatic carbocycles. The third-order valence-corrected chi connectivity index (χ3v) is 4.70. The SMILES string of the molecule is Cc1cccc(C)c1NC(=O)[C@@H](C)OC(=O)c1ccc(N2CCOCC2)nc1. The first kappa shape index (κ1) is 19.8. The van der Waals surface area contributed by atoms with E-state index < -0.39 is 12.1 Å². The largest absolute Gasteiger partial charge is 0.449 e. The number of rotatable bonds is 5. The van der Waals surface area contributed by atoms with E-state index in [0.29, 0.717) is 18.8 Å². The van der Waals surface area contributed by atoms with Gasteiger partial charge in [-0.15, -0.1) is 0 Å². The van der Waals surface area contributed by atoms with Crippen molar-refractivity contribution in [2.24, 2.45) is 0 Å². The number of aromatic nitrogens is 1. The molecule has 0 aliphatic carbocycles. The zero-order chi connectivity index (χ0) is 20.1. The summed E-state index contributed by atoms with van der Waals surface area (Å²) in [6.07, 6.45) is 0.550. The fourth-order valence-electron chi connectivity index (χ4n) is 3.00. The van der Waals surface area contributed by atoms with Crippen molar-refractivity contribution in [2.75, 3.05) is 36.5 Å². The molecule has 1 saturated heterocycles. The van der Waals surface area contributed by atoms with E-state index >= 15 is 0 Å². The van der Waals surface area contributed by atoms with Crippen LogP contribution in [0, 0.1) is 13.8 Å². The highest BCUT2D eigenvalue weighted by molar-refractivity contribution is 5.98. The Morgan fingerprint density at radius 2 is 1.82 bits per heavy atom. The molecule has 2 heterocycles. The van der Waals surface area contributed by atoms with Gasteiger partial charge in [0, 0.05) is 25.0 Å². The van der Waals surface area contributed by atoms with Gasteiger partial charge in [0.15, 0.2) is 6.10 Å². The summed E-state index contributed by atoms with van der Waals surface area (Å²) in [4.78, 5) is 31.2. The number of hydrogen-bond donors (Lipinski definition) is 1. The van der Waals surface area contributed by atoms with Gasteiger partial charge >= 0.3 is 5.97 Å². The minimum absolute atomic E-state index is 0.309. The maximum Gasteiger partial charge on any atom is 0.340 e. The molecular formula is C21H25N3O4. The molecule has 1 N–H and O–H groups in total. The molecular weight excluding hydrogens is 358 g/mol. The Morgan fingerprint density at radius 3 is 2.43 bits per heavy atom. The number of carbonyl (C=O) groups excluding carboxylic acids is 2. The number of benzene rings is 1. The monoisotopic (exact) mass is 383 g/mol. The molecule has 7 heteroatoms. The van der Waals surface area contributed by atoms with Gasteiger partial charge < -0.3 is 19.7 Å². The second kappa shape index (κ2) is 8.84. The number of carbonyl (C=O) groups is 2. The zero-order valence-corrected chi connectivity index (χ0v) is 16.4. The third-order valence-electron chi connectivity index (χ3n) is 4.70. The molecule has 0 saturated carbocycles. The van der Waals surface area contributed by atoms with Crippen LogP contribution in [-0.2, 0) is 14.3 Å². The highest BCUT2D eigenvalue weighted by Crippen LogP contribution is 2.20. The minimum Gasteiger partial charge on any atom is -0.449 e. The molecule has 0 unspecified atom stereocenters. The van der Waals surface area contributed by atoms with Crippen molar-refractivity contribution in [2.45, 2.75) is 26.9 Å². The van der Waals surface area contributed by atoms with Crippen molar-refractivity contribution in [1.82, 2.24) is 4.98 Å². The maximum absolute atomic E-state index is 12.4. The fourth-order valence-corrected chi connectivity index (χ4v) is 3.00. The maximum atomic E-state index is 12.4. The van der Waals surface area contributed by atoms with E-state index in [4.69, 9.17) is 9.47 Å². The lowest BCUT2D eigenvalue weighted by Gasteiger charge is -2.27. The highest BCUT2D eigenvalue weighted by Gasteiger charge is 2.21. The number of morpholine rings is 1. The van der Waals surface area contributed by atoms with E-state index in [1.54, 1.807) is 19.1 Å². The Bertz CT molecular complexity index is 825. The summed E-state index contributed by atoms with van der Waals surface area (Å²) in [6, 6.07) is 9.21. The number of anilines is 2. The van der Waals surface area contributed by atoms with Gasteiger partial charge in [-0.05, 0) is 44.0 Å². The predicted octanol–water partition coefficient (Wildman–Crippen LogP) is 2.72. The van der Waals surface area contributed by atoms with Crippen LogP contribution in [0.15, 0.2) is 36.5 Å². The quantitative estimate of drug-likeness (QED) is 0.800. The van der Waals surface area contributed by atoms with Gasteiger partial charge in [-0.1, -0.05) is 18.2 Å². The van der Waals surface area contributed by atoms with Crippen molar-refractivity contribution in [3.8, 4) is 0 Å². The molecule has 7 nitrogen and oxygen atoms in total. The van der Waals surface area contributed by atoms with Crippen LogP contribution in [0.25, 0.3) is 0 Å². The number of pyridine rings is 1. The molecule has 1 amide bonds. The number of nitrogens with one attached hydrogen (secondary N) is 1. The molecule has 3 rings (SSSR count). The number of hydrogen-bond acceptors (Lipinski definition) is 6. The fraction of sp³-hybridized carbons (Fsp3) is 0.381. The smallest absolute Gasteiger partial charge is 0.340 e. The first-order chi connectivity index (χ1) is 13.5. The van der Waals surface area contributed by atoms with Crippen molar-refractivity contribution >= 4 is 23.4 Å². The minimum atomic E-state index is -0.926. The Kier molecular flexibility index (Phi) is 6.26. The van der Waals surface area contributed by atoms with Crippen molar-refractivity contribution in [3.63, 3.8) is 0 Å². The predicted molar refractivity (Wildman–Crippen MR) is 107 cm³/mol. The molecule has 1 aromatic heterocycles. The number of ether oxygens (including phenoxy) is 2. The summed E-state index contributed by atoms with van der Waals surface area (Å²) in [6.45, 7) is 8.26. The van der Waals surface area contributed by atoms with E-state index in [2.05, 4.69) is 15.2 Å². The molecule has 0 spiro atoms. The topological polar surface area (TPSA) is 80.8 Å². The molecule has 0 bridgehead atoms. The summed E-state index contributed by atoms with van der Waals surface area (Å²) < 4.78 is 10.6. The molecule has 1 aliphatic heterocycles. The van der Waals surface area contributed by atoms with Crippen LogP contribution in [0.3, 0.4) is 0 Å².